The Labute approximate surface area is 169 Å². The van der Waals surface area contributed by atoms with Crippen LogP contribution in [0.4, 0.5) is 0 Å². The summed E-state index contributed by atoms with van der Waals surface area (Å²) in [5.74, 6) is 2.90. The number of nitrogens with one attached hydrogen (secondary N) is 2. The Morgan fingerprint density at radius 3 is 2.70 bits per heavy atom. The quantitative estimate of drug-likeness (QED) is 0.224. The molecule has 0 saturated heterocycles. The number of unbranched alkanes of at least 4 members (excludes halogenated alkanes) is 1. The second-order valence-corrected chi connectivity index (χ2v) is 6.78. The van der Waals surface area contributed by atoms with Gasteiger partial charge >= 0.3 is 0 Å². The van der Waals surface area contributed by atoms with Gasteiger partial charge < -0.3 is 15.4 Å². The zero-order valence-corrected chi connectivity index (χ0v) is 18.7. The molecule has 0 bridgehead atoms. The molecule has 0 aromatic heterocycles. The number of hydrogen-bond acceptors (Lipinski definition) is 3. The number of rotatable bonds is 9. The SMILES string of the molecule is CN=C(NCCCCSC)NCC(C)Oc1ccccc1Br.I. The first-order valence-corrected chi connectivity index (χ1v) is 9.70. The molecule has 7 heteroatoms. The molecule has 0 amide bonds. The molecule has 4 nitrogen and oxygen atoms in total. The second-order valence-electron chi connectivity index (χ2n) is 4.94. The van der Waals surface area contributed by atoms with E-state index in [-0.39, 0.29) is 30.1 Å². The van der Waals surface area contributed by atoms with Gasteiger partial charge in [-0.25, -0.2) is 0 Å². The number of para-hydroxylation sites is 1. The van der Waals surface area contributed by atoms with Gasteiger partial charge in [-0.05, 0) is 59.8 Å². The van der Waals surface area contributed by atoms with Crippen LogP contribution in [-0.2, 0) is 0 Å². The van der Waals surface area contributed by atoms with E-state index >= 15 is 0 Å². The zero-order valence-electron chi connectivity index (χ0n) is 14.0. The van der Waals surface area contributed by atoms with E-state index in [9.17, 15) is 0 Å². The summed E-state index contributed by atoms with van der Waals surface area (Å²) in [6.07, 6.45) is 4.58. The number of guanidine groups is 1. The van der Waals surface area contributed by atoms with Gasteiger partial charge in [-0.15, -0.1) is 24.0 Å². The highest BCUT2D eigenvalue weighted by atomic mass is 127. The Morgan fingerprint density at radius 1 is 1.30 bits per heavy atom. The van der Waals surface area contributed by atoms with E-state index in [1.807, 2.05) is 43.0 Å². The van der Waals surface area contributed by atoms with Crippen LogP contribution in [0.2, 0.25) is 0 Å². The molecular formula is C16H27BrIN3OS. The monoisotopic (exact) mass is 515 g/mol. The molecule has 0 fully saturated rings. The molecule has 1 aromatic carbocycles. The van der Waals surface area contributed by atoms with Gasteiger partial charge in [0.25, 0.3) is 0 Å². The Morgan fingerprint density at radius 2 is 2.04 bits per heavy atom. The predicted octanol–water partition coefficient (Wildman–Crippen LogP) is 4.14. The van der Waals surface area contributed by atoms with Crippen LogP contribution in [0, 0.1) is 0 Å². The van der Waals surface area contributed by atoms with Gasteiger partial charge in [0.2, 0.25) is 0 Å². The molecule has 0 aliphatic rings. The standard InChI is InChI=1S/C16H26BrN3OS.HI/c1-13(21-15-9-5-4-8-14(15)17)12-20-16(18-2)19-10-6-7-11-22-3;/h4-5,8-9,13H,6-7,10-12H2,1-3H3,(H2,18,19,20);1H. The van der Waals surface area contributed by atoms with Crippen molar-refractivity contribution in [2.45, 2.75) is 25.9 Å². The zero-order chi connectivity index (χ0) is 16.2. The summed E-state index contributed by atoms with van der Waals surface area (Å²) >= 11 is 5.38. The number of halogens is 2. The third kappa shape index (κ3) is 10.3. The molecular weight excluding hydrogens is 489 g/mol. The highest BCUT2D eigenvalue weighted by Crippen LogP contribution is 2.24. The van der Waals surface area contributed by atoms with Crippen LogP contribution in [0.15, 0.2) is 33.7 Å². The lowest BCUT2D eigenvalue weighted by molar-refractivity contribution is 0.222. The lowest BCUT2D eigenvalue weighted by atomic mass is 10.3. The molecule has 0 aliphatic carbocycles. The molecule has 0 aliphatic heterocycles. The van der Waals surface area contributed by atoms with Crippen LogP contribution in [0.3, 0.4) is 0 Å². The van der Waals surface area contributed by atoms with E-state index in [0.29, 0.717) is 6.54 Å². The van der Waals surface area contributed by atoms with Crippen LogP contribution >= 0.6 is 51.7 Å². The van der Waals surface area contributed by atoms with Gasteiger partial charge in [-0.2, -0.15) is 11.8 Å². The number of nitrogens with zero attached hydrogens (tertiary/aromatic N) is 1. The molecule has 2 N–H and O–H groups in total. The maximum absolute atomic E-state index is 5.90. The molecule has 1 atom stereocenters. The highest BCUT2D eigenvalue weighted by molar-refractivity contribution is 14.0. The first-order chi connectivity index (χ1) is 10.7. The predicted molar refractivity (Wildman–Crippen MR) is 117 cm³/mol. The van der Waals surface area contributed by atoms with Gasteiger partial charge in [0.05, 0.1) is 11.0 Å². The van der Waals surface area contributed by atoms with Gasteiger partial charge in [-0.3, -0.25) is 4.99 Å². The number of aliphatic imine (C=N–C) groups is 1. The minimum absolute atomic E-state index is 0. The molecule has 132 valence electrons. The van der Waals surface area contributed by atoms with Crippen molar-refractivity contribution in [3.05, 3.63) is 28.7 Å². The summed E-state index contributed by atoms with van der Waals surface area (Å²) in [6.45, 7) is 3.68. The number of thioether (sulfide) groups is 1. The number of ether oxygens (including phenoxy) is 1. The summed E-state index contributed by atoms with van der Waals surface area (Å²) in [5.41, 5.74) is 0. The number of hydrogen-bond donors (Lipinski definition) is 2. The minimum Gasteiger partial charge on any atom is -0.488 e. The Balaban J connectivity index is 0.00000484. The maximum Gasteiger partial charge on any atom is 0.191 e. The van der Waals surface area contributed by atoms with Crippen molar-refractivity contribution in [2.75, 3.05) is 32.1 Å². The smallest absolute Gasteiger partial charge is 0.191 e. The Bertz CT molecular complexity index is 463. The van der Waals surface area contributed by atoms with Gasteiger partial charge in [0.15, 0.2) is 5.96 Å². The van der Waals surface area contributed by atoms with Gasteiger partial charge in [0.1, 0.15) is 11.9 Å². The fraction of sp³-hybridized carbons (Fsp3) is 0.562. The molecule has 0 radical (unpaired) electrons. The Kier molecular flexibility index (Phi) is 14.1. The van der Waals surface area contributed by atoms with Crippen molar-refractivity contribution in [2.24, 2.45) is 4.99 Å². The van der Waals surface area contributed by atoms with Crippen molar-refractivity contribution in [3.8, 4) is 5.75 Å². The minimum atomic E-state index is 0. The fourth-order valence-corrected chi connectivity index (χ4v) is 2.71. The van der Waals surface area contributed by atoms with Crippen molar-refractivity contribution >= 4 is 57.6 Å². The van der Waals surface area contributed by atoms with E-state index in [1.54, 1.807) is 7.05 Å². The third-order valence-corrected chi connectivity index (χ3v) is 4.37. The first-order valence-electron chi connectivity index (χ1n) is 7.52. The molecule has 1 aromatic rings. The van der Waals surface area contributed by atoms with Crippen LogP contribution in [0.1, 0.15) is 19.8 Å². The molecule has 23 heavy (non-hydrogen) atoms. The maximum atomic E-state index is 5.90. The van der Waals surface area contributed by atoms with Gasteiger partial charge in [-0.1, -0.05) is 12.1 Å². The van der Waals surface area contributed by atoms with Gasteiger partial charge in [0, 0.05) is 13.6 Å². The van der Waals surface area contributed by atoms with E-state index in [0.717, 1.165) is 29.1 Å². The largest absolute Gasteiger partial charge is 0.488 e. The van der Waals surface area contributed by atoms with Crippen LogP contribution in [0.5, 0.6) is 5.75 Å². The van der Waals surface area contributed by atoms with E-state index in [4.69, 9.17) is 4.74 Å². The number of benzene rings is 1. The first kappa shape index (κ1) is 22.9. The lowest BCUT2D eigenvalue weighted by Gasteiger charge is -2.18. The van der Waals surface area contributed by atoms with E-state index < -0.39 is 0 Å². The summed E-state index contributed by atoms with van der Waals surface area (Å²) < 4.78 is 6.87. The van der Waals surface area contributed by atoms with Crippen molar-refractivity contribution in [1.82, 2.24) is 10.6 Å². The summed E-state index contributed by atoms with van der Waals surface area (Å²) in [5, 5.41) is 6.62. The fourth-order valence-electron chi connectivity index (χ4n) is 1.84. The molecule has 0 spiro atoms. The molecule has 1 rings (SSSR count). The van der Waals surface area contributed by atoms with Crippen LogP contribution in [0.25, 0.3) is 0 Å². The van der Waals surface area contributed by atoms with Crippen molar-refractivity contribution < 1.29 is 4.74 Å². The summed E-state index contributed by atoms with van der Waals surface area (Å²) in [7, 11) is 1.79. The average molecular weight is 516 g/mol. The summed E-state index contributed by atoms with van der Waals surface area (Å²) in [4.78, 5) is 4.23. The van der Waals surface area contributed by atoms with E-state index in [2.05, 4.69) is 37.8 Å². The normalized spacial score (nSPS) is 12.3. The topological polar surface area (TPSA) is 45.7 Å². The third-order valence-electron chi connectivity index (χ3n) is 3.01. The molecule has 0 saturated carbocycles. The van der Waals surface area contributed by atoms with E-state index in [1.165, 1.54) is 12.2 Å². The van der Waals surface area contributed by atoms with Crippen LogP contribution < -0.4 is 15.4 Å². The van der Waals surface area contributed by atoms with Crippen molar-refractivity contribution in [3.63, 3.8) is 0 Å². The van der Waals surface area contributed by atoms with Crippen LogP contribution in [-0.4, -0.2) is 44.2 Å². The molecule has 1 unspecified atom stereocenters. The van der Waals surface area contributed by atoms with Crippen molar-refractivity contribution in [1.29, 1.82) is 0 Å². The Hall–Kier alpha value is -0.150. The summed E-state index contributed by atoms with van der Waals surface area (Å²) in [6, 6.07) is 7.88. The molecule has 0 heterocycles. The highest BCUT2D eigenvalue weighted by Gasteiger charge is 2.07. The average Bonchev–Trinajstić information content (AvgIpc) is 2.52. The lowest BCUT2D eigenvalue weighted by Crippen LogP contribution is -2.42. The second kappa shape index (κ2) is 14.2.